The van der Waals surface area contributed by atoms with E-state index in [1.807, 2.05) is 0 Å². The van der Waals surface area contributed by atoms with E-state index in [1.54, 1.807) is 14.0 Å². The Morgan fingerprint density at radius 2 is 1.73 bits per heavy atom. The Balaban J connectivity index is 4.16. The molecule has 0 spiro atoms. The van der Waals surface area contributed by atoms with E-state index in [0.29, 0.717) is 0 Å². The van der Waals surface area contributed by atoms with Crippen LogP contribution in [0.4, 0.5) is 0 Å². The van der Waals surface area contributed by atoms with Crippen LogP contribution in [0.25, 0.3) is 0 Å². The predicted octanol–water partition coefficient (Wildman–Crippen LogP) is 2.35. The van der Waals surface area contributed by atoms with Gasteiger partial charge in [-0.05, 0) is 31.6 Å². The molecule has 0 unspecified atom stereocenters. The van der Waals surface area contributed by atoms with Gasteiger partial charge in [0.1, 0.15) is 6.10 Å². The van der Waals surface area contributed by atoms with Crippen molar-refractivity contribution in [3.63, 3.8) is 0 Å². The zero-order valence-corrected chi connectivity index (χ0v) is 10.7. The smallest absolute Gasteiger partial charge is 0.248 e. The van der Waals surface area contributed by atoms with Gasteiger partial charge in [-0.15, -0.1) is 0 Å². The average molecular weight is 215 g/mol. The van der Waals surface area contributed by atoms with Gasteiger partial charge in [0.25, 0.3) is 0 Å². The minimum absolute atomic E-state index is 0.0165. The largest absolute Gasteiger partial charge is 0.372 e. The summed E-state index contributed by atoms with van der Waals surface area (Å²) >= 11 is 0. The van der Waals surface area contributed by atoms with E-state index in [4.69, 9.17) is 4.74 Å². The fourth-order valence-electron chi connectivity index (χ4n) is 1.65. The van der Waals surface area contributed by atoms with Gasteiger partial charge in [0.15, 0.2) is 0 Å². The van der Waals surface area contributed by atoms with Crippen LogP contribution in [-0.2, 0) is 9.53 Å². The van der Waals surface area contributed by atoms with Crippen LogP contribution >= 0.6 is 0 Å². The Morgan fingerprint density at radius 1 is 1.27 bits per heavy atom. The number of carbonyl (C=O) groups excluding carboxylic acids is 1. The first kappa shape index (κ1) is 14.4. The highest BCUT2D eigenvalue weighted by Gasteiger charge is 2.25. The lowest BCUT2D eigenvalue weighted by Crippen LogP contribution is -2.41. The van der Waals surface area contributed by atoms with Gasteiger partial charge in [-0.25, -0.2) is 0 Å². The molecule has 0 aliphatic heterocycles. The number of rotatable bonds is 7. The summed E-state index contributed by atoms with van der Waals surface area (Å²) in [5.41, 5.74) is 0.253. The molecule has 1 atom stereocenters. The second-order valence-electron chi connectivity index (χ2n) is 4.16. The first-order valence-corrected chi connectivity index (χ1v) is 5.85. The van der Waals surface area contributed by atoms with E-state index in [9.17, 15) is 4.79 Å². The van der Waals surface area contributed by atoms with E-state index in [-0.39, 0.29) is 17.4 Å². The van der Waals surface area contributed by atoms with Crippen molar-refractivity contribution in [3.8, 4) is 0 Å². The van der Waals surface area contributed by atoms with Crippen LogP contribution in [0, 0.1) is 5.41 Å². The molecule has 0 aromatic heterocycles. The Morgan fingerprint density at radius 3 is 2.07 bits per heavy atom. The van der Waals surface area contributed by atoms with Gasteiger partial charge in [0.2, 0.25) is 5.91 Å². The number of amides is 1. The number of hydrogen-bond acceptors (Lipinski definition) is 2. The molecule has 0 aromatic rings. The fourth-order valence-corrected chi connectivity index (χ4v) is 1.65. The highest BCUT2D eigenvalue weighted by Crippen LogP contribution is 2.29. The third-order valence-electron chi connectivity index (χ3n) is 3.61. The van der Waals surface area contributed by atoms with Gasteiger partial charge in [-0.1, -0.05) is 20.8 Å². The Labute approximate surface area is 93.6 Å². The van der Waals surface area contributed by atoms with E-state index in [2.05, 4.69) is 26.1 Å². The highest BCUT2D eigenvalue weighted by molar-refractivity contribution is 5.80. The van der Waals surface area contributed by atoms with Crippen LogP contribution in [0.2, 0.25) is 0 Å². The molecule has 1 amide bonds. The molecule has 0 saturated carbocycles. The molecule has 0 heterocycles. The summed E-state index contributed by atoms with van der Waals surface area (Å²) in [5, 5.41) is 2.96. The van der Waals surface area contributed by atoms with Crippen LogP contribution in [0.1, 0.15) is 47.0 Å². The lowest BCUT2D eigenvalue weighted by atomic mass is 9.80. The fraction of sp³-hybridized carbons (Fsp3) is 0.917. The first-order valence-electron chi connectivity index (χ1n) is 5.85. The van der Waals surface area contributed by atoms with Gasteiger partial charge in [0, 0.05) is 13.7 Å². The molecule has 15 heavy (non-hydrogen) atoms. The summed E-state index contributed by atoms with van der Waals surface area (Å²) in [6.07, 6.45) is 2.94. The monoisotopic (exact) mass is 215 g/mol. The van der Waals surface area contributed by atoms with E-state index in [0.717, 1.165) is 25.8 Å². The summed E-state index contributed by atoms with van der Waals surface area (Å²) in [6, 6.07) is 0. The maximum atomic E-state index is 11.5. The van der Waals surface area contributed by atoms with Crippen molar-refractivity contribution >= 4 is 5.91 Å². The minimum Gasteiger partial charge on any atom is -0.372 e. The Hall–Kier alpha value is -0.570. The standard InChI is InChI=1S/C12H25NO2/c1-6-12(7-2,8-3)9-13-11(14)10(4)15-5/h10H,6-9H2,1-5H3,(H,13,14)/t10-/m1/s1. The van der Waals surface area contributed by atoms with Crippen LogP contribution in [-0.4, -0.2) is 25.7 Å². The van der Waals surface area contributed by atoms with E-state index < -0.39 is 0 Å². The van der Waals surface area contributed by atoms with Gasteiger partial charge in [-0.3, -0.25) is 4.79 Å². The van der Waals surface area contributed by atoms with Crippen LogP contribution in [0.5, 0.6) is 0 Å². The summed E-state index contributed by atoms with van der Waals surface area (Å²) in [4.78, 5) is 11.5. The summed E-state index contributed by atoms with van der Waals surface area (Å²) in [7, 11) is 1.55. The molecule has 0 saturated heterocycles. The molecular weight excluding hydrogens is 190 g/mol. The molecule has 90 valence electrons. The summed E-state index contributed by atoms with van der Waals surface area (Å²) in [6.45, 7) is 9.06. The molecular formula is C12H25NO2. The minimum atomic E-state index is -0.353. The third kappa shape index (κ3) is 4.20. The highest BCUT2D eigenvalue weighted by atomic mass is 16.5. The van der Waals surface area contributed by atoms with Crippen LogP contribution in [0.15, 0.2) is 0 Å². The third-order valence-corrected chi connectivity index (χ3v) is 3.61. The molecule has 0 rings (SSSR count). The van der Waals surface area contributed by atoms with Crippen molar-refractivity contribution < 1.29 is 9.53 Å². The van der Waals surface area contributed by atoms with Crippen molar-refractivity contribution in [2.45, 2.75) is 53.1 Å². The number of ether oxygens (including phenoxy) is 1. The number of carbonyl (C=O) groups is 1. The average Bonchev–Trinajstić information content (AvgIpc) is 2.30. The predicted molar refractivity (Wildman–Crippen MR) is 62.8 cm³/mol. The molecule has 0 aromatic carbocycles. The molecule has 0 aliphatic rings. The molecule has 0 bridgehead atoms. The Kier molecular flexibility index (Phi) is 6.57. The molecule has 1 N–H and O–H groups in total. The van der Waals surface area contributed by atoms with Crippen molar-refractivity contribution in [2.24, 2.45) is 5.41 Å². The molecule has 0 fully saturated rings. The van der Waals surface area contributed by atoms with E-state index in [1.165, 1.54) is 0 Å². The maximum Gasteiger partial charge on any atom is 0.248 e. The molecule has 3 nitrogen and oxygen atoms in total. The topological polar surface area (TPSA) is 38.3 Å². The van der Waals surface area contributed by atoms with Gasteiger partial charge >= 0.3 is 0 Å². The van der Waals surface area contributed by atoms with Crippen molar-refractivity contribution in [1.29, 1.82) is 0 Å². The quantitative estimate of drug-likeness (QED) is 0.708. The summed E-state index contributed by atoms with van der Waals surface area (Å²) < 4.78 is 4.97. The van der Waals surface area contributed by atoms with Crippen LogP contribution in [0.3, 0.4) is 0 Å². The summed E-state index contributed by atoms with van der Waals surface area (Å²) in [5.74, 6) is -0.0165. The number of hydrogen-bond donors (Lipinski definition) is 1. The van der Waals surface area contributed by atoms with Gasteiger partial charge < -0.3 is 10.1 Å². The number of nitrogens with one attached hydrogen (secondary N) is 1. The first-order chi connectivity index (χ1) is 7.05. The maximum absolute atomic E-state index is 11.5. The lowest BCUT2D eigenvalue weighted by Gasteiger charge is -2.31. The van der Waals surface area contributed by atoms with Gasteiger partial charge in [0.05, 0.1) is 0 Å². The normalized spacial score (nSPS) is 13.7. The van der Waals surface area contributed by atoms with Crippen molar-refractivity contribution in [2.75, 3.05) is 13.7 Å². The molecule has 3 heteroatoms. The molecule has 0 radical (unpaired) electrons. The second kappa shape index (κ2) is 6.83. The van der Waals surface area contributed by atoms with Crippen LogP contribution < -0.4 is 5.32 Å². The van der Waals surface area contributed by atoms with E-state index >= 15 is 0 Å². The Bertz CT molecular complexity index is 180. The SMILES string of the molecule is CCC(CC)(CC)CNC(=O)[C@@H](C)OC. The van der Waals surface area contributed by atoms with Gasteiger partial charge in [-0.2, -0.15) is 0 Å². The molecule has 0 aliphatic carbocycles. The lowest BCUT2D eigenvalue weighted by molar-refractivity contribution is -0.130. The zero-order valence-electron chi connectivity index (χ0n) is 10.7. The van der Waals surface area contributed by atoms with Crippen molar-refractivity contribution in [1.82, 2.24) is 5.32 Å². The zero-order chi connectivity index (χ0) is 11.9. The number of methoxy groups -OCH3 is 1. The second-order valence-corrected chi connectivity index (χ2v) is 4.16. The van der Waals surface area contributed by atoms with Crippen molar-refractivity contribution in [3.05, 3.63) is 0 Å².